The molecule has 0 atom stereocenters. The molecule has 10 heteroatoms. The van der Waals surface area contributed by atoms with Gasteiger partial charge in [0.05, 0.1) is 11.1 Å². The predicted octanol–water partition coefficient (Wildman–Crippen LogP) is 5.39. The molecule has 0 aliphatic carbocycles. The zero-order valence-corrected chi connectivity index (χ0v) is 15.3. The van der Waals surface area contributed by atoms with Gasteiger partial charge in [-0.1, -0.05) is 18.2 Å². The van der Waals surface area contributed by atoms with E-state index in [2.05, 4.69) is 30.9 Å². The maximum absolute atomic E-state index is 13.0. The van der Waals surface area contributed by atoms with E-state index in [1.165, 1.54) is 6.07 Å². The molecule has 0 fully saturated rings. The zero-order chi connectivity index (χ0) is 20.0. The van der Waals surface area contributed by atoms with Crippen LogP contribution in [-0.2, 0) is 6.18 Å². The standard InChI is InChI=1S/C19H11F3N6S/c20-19(21,22)11-2-1-3-12(9-11)23-18-14-6-7-29-16(14)13-5-4-10(8-15(13)24-18)17-25-27-28-26-17/h1-9H,(H,23,24)(H,25,26,27,28). The SMILES string of the molecule is FC(F)(F)c1cccc(Nc2nc3cc(-c4nn[nH]n4)ccc3c3sccc23)c1. The fourth-order valence-corrected chi connectivity index (χ4v) is 4.06. The Morgan fingerprint density at radius 3 is 2.69 bits per heavy atom. The van der Waals surface area contributed by atoms with Gasteiger partial charge in [-0.05, 0) is 40.9 Å². The molecule has 0 amide bonds. The Labute approximate surface area is 165 Å². The normalized spacial score (nSPS) is 12.0. The third-order valence-corrected chi connectivity index (χ3v) is 5.40. The molecule has 3 aromatic heterocycles. The number of rotatable bonds is 3. The summed E-state index contributed by atoms with van der Waals surface area (Å²) in [4.78, 5) is 4.66. The lowest BCUT2D eigenvalue weighted by atomic mass is 10.1. The van der Waals surface area contributed by atoms with Gasteiger partial charge in [-0.3, -0.25) is 0 Å². The van der Waals surface area contributed by atoms with Gasteiger partial charge in [0, 0.05) is 26.7 Å². The minimum atomic E-state index is -4.41. The molecule has 0 aliphatic rings. The molecule has 0 saturated carbocycles. The van der Waals surface area contributed by atoms with Gasteiger partial charge in [0.1, 0.15) is 5.82 Å². The lowest BCUT2D eigenvalue weighted by molar-refractivity contribution is -0.137. The van der Waals surface area contributed by atoms with Crippen LogP contribution in [0.15, 0.2) is 53.9 Å². The second kappa shape index (κ2) is 6.52. The number of tetrazole rings is 1. The van der Waals surface area contributed by atoms with Gasteiger partial charge >= 0.3 is 6.18 Å². The predicted molar refractivity (Wildman–Crippen MR) is 105 cm³/mol. The Bertz CT molecular complexity index is 1330. The average molecular weight is 412 g/mol. The monoisotopic (exact) mass is 412 g/mol. The van der Waals surface area contributed by atoms with E-state index in [4.69, 9.17) is 0 Å². The van der Waals surface area contributed by atoms with E-state index in [1.54, 1.807) is 17.4 Å². The van der Waals surface area contributed by atoms with Crippen LogP contribution in [0.2, 0.25) is 0 Å². The van der Waals surface area contributed by atoms with E-state index in [0.717, 1.165) is 33.2 Å². The van der Waals surface area contributed by atoms with Crippen molar-refractivity contribution in [1.82, 2.24) is 25.6 Å². The van der Waals surface area contributed by atoms with Crippen molar-refractivity contribution in [2.24, 2.45) is 0 Å². The molecule has 0 unspecified atom stereocenters. The van der Waals surface area contributed by atoms with Gasteiger partial charge in [0.15, 0.2) is 0 Å². The quantitative estimate of drug-likeness (QED) is 0.415. The number of hydrogen-bond donors (Lipinski definition) is 2. The first kappa shape index (κ1) is 17.6. The third kappa shape index (κ3) is 3.17. The summed E-state index contributed by atoms with van der Waals surface area (Å²) >= 11 is 1.54. The number of aromatic amines is 1. The summed E-state index contributed by atoms with van der Waals surface area (Å²) in [7, 11) is 0. The third-order valence-electron chi connectivity index (χ3n) is 4.45. The lowest BCUT2D eigenvalue weighted by Gasteiger charge is -2.12. The largest absolute Gasteiger partial charge is 0.416 e. The summed E-state index contributed by atoms with van der Waals surface area (Å²) in [5.74, 6) is 0.922. The highest BCUT2D eigenvalue weighted by Gasteiger charge is 2.30. The van der Waals surface area contributed by atoms with Crippen molar-refractivity contribution >= 4 is 43.8 Å². The highest BCUT2D eigenvalue weighted by molar-refractivity contribution is 7.18. The highest BCUT2D eigenvalue weighted by Crippen LogP contribution is 2.37. The first-order valence-corrected chi connectivity index (χ1v) is 9.36. The minimum Gasteiger partial charge on any atom is -0.340 e. The van der Waals surface area contributed by atoms with Crippen LogP contribution < -0.4 is 5.32 Å². The van der Waals surface area contributed by atoms with E-state index in [1.807, 2.05) is 29.6 Å². The first-order chi connectivity index (χ1) is 14.0. The molecule has 3 heterocycles. The summed E-state index contributed by atoms with van der Waals surface area (Å²) in [5, 5.41) is 20.7. The van der Waals surface area contributed by atoms with E-state index < -0.39 is 11.7 Å². The Kier molecular flexibility index (Phi) is 3.95. The van der Waals surface area contributed by atoms with Crippen LogP contribution in [0.5, 0.6) is 0 Å². The van der Waals surface area contributed by atoms with Crippen molar-refractivity contribution in [1.29, 1.82) is 0 Å². The molecule has 0 radical (unpaired) electrons. The summed E-state index contributed by atoms with van der Waals surface area (Å²) < 4.78 is 40.1. The molecule has 6 nitrogen and oxygen atoms in total. The van der Waals surface area contributed by atoms with E-state index in [9.17, 15) is 13.2 Å². The summed E-state index contributed by atoms with van der Waals surface area (Å²) in [6.07, 6.45) is -4.41. The van der Waals surface area contributed by atoms with E-state index in [0.29, 0.717) is 22.8 Å². The fraction of sp³-hybridized carbons (Fsp3) is 0.0526. The lowest BCUT2D eigenvalue weighted by Crippen LogP contribution is -2.05. The number of alkyl halides is 3. The van der Waals surface area contributed by atoms with Crippen molar-refractivity contribution in [2.45, 2.75) is 6.18 Å². The maximum Gasteiger partial charge on any atom is 0.416 e. The molecule has 0 bridgehead atoms. The van der Waals surface area contributed by atoms with E-state index >= 15 is 0 Å². The number of halogens is 3. The number of fused-ring (bicyclic) bond motifs is 3. The average Bonchev–Trinajstić information content (AvgIpc) is 3.39. The van der Waals surface area contributed by atoms with Gasteiger partial charge in [-0.2, -0.15) is 18.4 Å². The van der Waals surface area contributed by atoms with Crippen LogP contribution >= 0.6 is 11.3 Å². The van der Waals surface area contributed by atoms with Crippen LogP contribution in [0.1, 0.15) is 5.56 Å². The zero-order valence-electron chi connectivity index (χ0n) is 14.5. The Morgan fingerprint density at radius 2 is 1.90 bits per heavy atom. The molecule has 0 aliphatic heterocycles. The summed E-state index contributed by atoms with van der Waals surface area (Å²) in [6, 6.07) is 12.6. The molecule has 29 heavy (non-hydrogen) atoms. The van der Waals surface area contributed by atoms with Crippen molar-refractivity contribution in [2.75, 3.05) is 5.32 Å². The van der Waals surface area contributed by atoms with Crippen molar-refractivity contribution in [3.63, 3.8) is 0 Å². The Balaban J connectivity index is 1.64. The number of nitrogens with one attached hydrogen (secondary N) is 2. The number of benzene rings is 2. The molecule has 5 rings (SSSR count). The molecular formula is C19H11F3N6S. The van der Waals surface area contributed by atoms with Crippen molar-refractivity contribution < 1.29 is 13.2 Å². The fourth-order valence-electron chi connectivity index (χ4n) is 3.13. The van der Waals surface area contributed by atoms with Gasteiger partial charge in [-0.25, -0.2) is 4.98 Å². The molecule has 144 valence electrons. The number of aromatic nitrogens is 5. The van der Waals surface area contributed by atoms with Gasteiger partial charge < -0.3 is 5.32 Å². The second-order valence-electron chi connectivity index (χ2n) is 6.29. The van der Waals surface area contributed by atoms with Crippen LogP contribution in [0.25, 0.3) is 32.4 Å². The number of pyridine rings is 1. The molecule has 2 aromatic carbocycles. The van der Waals surface area contributed by atoms with Crippen LogP contribution in [0.3, 0.4) is 0 Å². The number of hydrogen-bond acceptors (Lipinski definition) is 6. The Hall–Kier alpha value is -3.53. The topological polar surface area (TPSA) is 79.4 Å². The number of H-pyrrole nitrogens is 1. The first-order valence-electron chi connectivity index (χ1n) is 8.48. The number of nitrogens with zero attached hydrogens (tertiary/aromatic N) is 4. The minimum absolute atomic E-state index is 0.313. The maximum atomic E-state index is 13.0. The van der Waals surface area contributed by atoms with E-state index in [-0.39, 0.29) is 0 Å². The van der Waals surface area contributed by atoms with Crippen LogP contribution in [-0.4, -0.2) is 25.6 Å². The highest BCUT2D eigenvalue weighted by atomic mass is 32.1. The van der Waals surface area contributed by atoms with Crippen LogP contribution in [0.4, 0.5) is 24.7 Å². The Morgan fingerprint density at radius 1 is 1.00 bits per heavy atom. The molecule has 0 spiro atoms. The molecular weight excluding hydrogens is 401 g/mol. The van der Waals surface area contributed by atoms with Crippen molar-refractivity contribution in [3.8, 4) is 11.4 Å². The summed E-state index contributed by atoms with van der Waals surface area (Å²) in [5.41, 5.74) is 1.01. The van der Waals surface area contributed by atoms with Crippen molar-refractivity contribution in [3.05, 3.63) is 59.5 Å². The second-order valence-corrected chi connectivity index (χ2v) is 7.21. The van der Waals surface area contributed by atoms with Gasteiger partial charge in [-0.15, -0.1) is 21.5 Å². The molecule has 5 aromatic rings. The molecule has 2 N–H and O–H groups in total. The van der Waals surface area contributed by atoms with Gasteiger partial charge in [0.25, 0.3) is 0 Å². The smallest absolute Gasteiger partial charge is 0.340 e. The molecule has 0 saturated heterocycles. The number of anilines is 2. The number of thiophene rings is 1. The van der Waals surface area contributed by atoms with Gasteiger partial charge in [0.2, 0.25) is 5.82 Å². The summed E-state index contributed by atoms with van der Waals surface area (Å²) in [6.45, 7) is 0. The van der Waals surface area contributed by atoms with Crippen LogP contribution in [0, 0.1) is 0 Å².